The Morgan fingerprint density at radius 3 is 2.72 bits per heavy atom. The number of ether oxygens (including phenoxy) is 1. The minimum absolute atomic E-state index is 0.0696. The van der Waals surface area contributed by atoms with E-state index in [4.69, 9.17) is 27.9 Å². The monoisotopic (exact) mass is 315 g/mol. The Hall–Kier alpha value is -0.340. The highest BCUT2D eigenvalue weighted by Gasteiger charge is 2.25. The van der Waals surface area contributed by atoms with Gasteiger partial charge in [-0.2, -0.15) is 5.10 Å². The fourth-order valence-electron chi connectivity index (χ4n) is 1.49. The van der Waals surface area contributed by atoms with Crippen LogP contribution in [-0.4, -0.2) is 43.8 Å². The lowest BCUT2D eigenvalue weighted by Crippen LogP contribution is -2.39. The molecular formula is C9H15Cl2N3O3S. The highest BCUT2D eigenvalue weighted by molar-refractivity contribution is 7.89. The second-order valence-corrected chi connectivity index (χ2v) is 6.09. The zero-order valence-corrected chi connectivity index (χ0v) is 12.4. The minimum Gasteiger partial charge on any atom is -0.383 e. The van der Waals surface area contributed by atoms with Gasteiger partial charge >= 0.3 is 0 Å². The number of sulfonamides is 1. The van der Waals surface area contributed by atoms with Crippen molar-refractivity contribution in [3.8, 4) is 0 Å². The Morgan fingerprint density at radius 2 is 2.28 bits per heavy atom. The van der Waals surface area contributed by atoms with Gasteiger partial charge in [-0.15, -0.1) is 11.6 Å². The Morgan fingerprint density at radius 1 is 1.61 bits per heavy atom. The normalized spacial score (nSPS) is 13.8. The molecule has 0 amide bonds. The molecule has 0 aliphatic rings. The number of aryl methyl sites for hydroxylation is 1. The number of hydrogen-bond donors (Lipinski definition) is 1. The SMILES string of the molecule is COCC(CCCl)NS(=O)(=O)c1c(Cl)cnn1C. The molecule has 104 valence electrons. The molecular weight excluding hydrogens is 301 g/mol. The van der Waals surface area contributed by atoms with Crippen molar-refractivity contribution in [2.45, 2.75) is 17.5 Å². The van der Waals surface area contributed by atoms with E-state index in [1.807, 2.05) is 0 Å². The van der Waals surface area contributed by atoms with Crippen LogP contribution in [0.3, 0.4) is 0 Å². The summed E-state index contributed by atoms with van der Waals surface area (Å²) in [5.41, 5.74) is 0. The van der Waals surface area contributed by atoms with Crippen molar-refractivity contribution in [1.29, 1.82) is 0 Å². The van der Waals surface area contributed by atoms with E-state index in [1.54, 1.807) is 0 Å². The first-order chi connectivity index (χ1) is 8.42. The molecule has 0 saturated heterocycles. The van der Waals surface area contributed by atoms with Crippen LogP contribution in [-0.2, 0) is 21.8 Å². The van der Waals surface area contributed by atoms with Gasteiger partial charge in [-0.1, -0.05) is 11.6 Å². The van der Waals surface area contributed by atoms with Gasteiger partial charge in [0.05, 0.1) is 17.8 Å². The van der Waals surface area contributed by atoms with Crippen molar-refractivity contribution >= 4 is 33.2 Å². The number of nitrogens with one attached hydrogen (secondary N) is 1. The summed E-state index contributed by atoms with van der Waals surface area (Å²) in [7, 11) is -0.742. The molecule has 18 heavy (non-hydrogen) atoms. The molecule has 1 aromatic rings. The molecule has 1 heterocycles. The largest absolute Gasteiger partial charge is 0.383 e. The number of hydrogen-bond acceptors (Lipinski definition) is 4. The number of methoxy groups -OCH3 is 1. The van der Waals surface area contributed by atoms with Crippen LogP contribution in [0.2, 0.25) is 5.02 Å². The van der Waals surface area contributed by atoms with Crippen LogP contribution in [0.5, 0.6) is 0 Å². The van der Waals surface area contributed by atoms with E-state index in [-0.39, 0.29) is 16.7 Å². The van der Waals surface area contributed by atoms with Crippen molar-refractivity contribution in [2.75, 3.05) is 19.6 Å². The van der Waals surface area contributed by atoms with Gasteiger partial charge in [-0.05, 0) is 6.42 Å². The van der Waals surface area contributed by atoms with Crippen molar-refractivity contribution in [2.24, 2.45) is 7.05 Å². The lowest BCUT2D eigenvalue weighted by molar-refractivity contribution is 0.173. The van der Waals surface area contributed by atoms with E-state index < -0.39 is 16.1 Å². The van der Waals surface area contributed by atoms with Gasteiger partial charge in [-0.3, -0.25) is 4.68 Å². The van der Waals surface area contributed by atoms with Crippen LogP contribution < -0.4 is 4.72 Å². The summed E-state index contributed by atoms with van der Waals surface area (Å²) < 4.78 is 32.9. The molecule has 0 aromatic carbocycles. The third-order valence-electron chi connectivity index (χ3n) is 2.24. The highest BCUT2D eigenvalue weighted by atomic mass is 35.5. The van der Waals surface area contributed by atoms with Crippen molar-refractivity contribution in [3.05, 3.63) is 11.2 Å². The van der Waals surface area contributed by atoms with E-state index in [9.17, 15) is 8.42 Å². The Bertz CT molecular complexity index is 464. The summed E-state index contributed by atoms with van der Waals surface area (Å²) in [6.07, 6.45) is 1.74. The zero-order valence-electron chi connectivity index (χ0n) is 10.1. The molecule has 1 unspecified atom stereocenters. The minimum atomic E-state index is -3.74. The van der Waals surface area contributed by atoms with E-state index >= 15 is 0 Å². The molecule has 0 bridgehead atoms. The Kier molecular flexibility index (Phi) is 5.87. The van der Waals surface area contributed by atoms with Gasteiger partial charge in [0.25, 0.3) is 10.0 Å². The standard InChI is InChI=1S/C9H15Cl2N3O3S/c1-14-9(8(11)5-12-14)18(15,16)13-7(3-4-10)6-17-2/h5,7,13H,3-4,6H2,1-2H3. The Balaban J connectivity index is 2.93. The van der Waals surface area contributed by atoms with E-state index in [0.29, 0.717) is 12.3 Å². The predicted molar refractivity (Wildman–Crippen MR) is 69.5 cm³/mol. The Labute approximate surface area is 116 Å². The first-order valence-electron chi connectivity index (χ1n) is 5.17. The van der Waals surface area contributed by atoms with Gasteiger partial charge in [0.15, 0.2) is 5.03 Å². The number of rotatable bonds is 7. The molecule has 0 aliphatic carbocycles. The zero-order chi connectivity index (χ0) is 13.8. The first-order valence-corrected chi connectivity index (χ1v) is 7.56. The van der Waals surface area contributed by atoms with Gasteiger partial charge in [0.1, 0.15) is 0 Å². The average Bonchev–Trinajstić information content (AvgIpc) is 2.59. The maximum atomic E-state index is 12.1. The second kappa shape index (κ2) is 6.72. The summed E-state index contributed by atoms with van der Waals surface area (Å²) in [6, 6.07) is -0.400. The van der Waals surface area contributed by atoms with Crippen molar-refractivity contribution < 1.29 is 13.2 Å². The quantitative estimate of drug-likeness (QED) is 0.762. The smallest absolute Gasteiger partial charge is 0.259 e. The molecule has 0 radical (unpaired) electrons. The van der Waals surface area contributed by atoms with E-state index in [2.05, 4.69) is 9.82 Å². The van der Waals surface area contributed by atoms with Crippen molar-refractivity contribution in [3.63, 3.8) is 0 Å². The van der Waals surface area contributed by atoms with Gasteiger partial charge in [0, 0.05) is 26.1 Å². The van der Waals surface area contributed by atoms with Crippen LogP contribution in [0.4, 0.5) is 0 Å². The summed E-state index contributed by atoms with van der Waals surface area (Å²) in [5, 5.41) is 3.80. The molecule has 1 atom stereocenters. The molecule has 1 N–H and O–H groups in total. The summed E-state index contributed by atoms with van der Waals surface area (Å²) in [6.45, 7) is 0.238. The van der Waals surface area contributed by atoms with Crippen molar-refractivity contribution in [1.82, 2.24) is 14.5 Å². The van der Waals surface area contributed by atoms with E-state index in [0.717, 1.165) is 0 Å². The molecule has 0 aliphatic heterocycles. The van der Waals surface area contributed by atoms with E-state index in [1.165, 1.54) is 25.0 Å². The van der Waals surface area contributed by atoms with Crippen LogP contribution in [0.15, 0.2) is 11.2 Å². The molecule has 1 rings (SSSR count). The summed E-state index contributed by atoms with van der Waals surface area (Å²) >= 11 is 11.4. The number of halogens is 2. The third-order valence-corrected chi connectivity index (χ3v) is 4.49. The second-order valence-electron chi connectivity index (χ2n) is 3.67. The lowest BCUT2D eigenvalue weighted by Gasteiger charge is -2.16. The molecule has 0 fully saturated rings. The maximum Gasteiger partial charge on any atom is 0.259 e. The molecule has 6 nitrogen and oxygen atoms in total. The van der Waals surface area contributed by atoms with Crippen LogP contribution >= 0.6 is 23.2 Å². The fourth-order valence-corrected chi connectivity index (χ4v) is 3.66. The molecule has 0 spiro atoms. The van der Waals surface area contributed by atoms with Crippen LogP contribution in [0.25, 0.3) is 0 Å². The third kappa shape index (κ3) is 3.83. The summed E-state index contributed by atoms with van der Waals surface area (Å²) in [4.78, 5) is 0. The maximum absolute atomic E-state index is 12.1. The molecule has 9 heteroatoms. The predicted octanol–water partition coefficient (Wildman–Crippen LogP) is 0.996. The number of aromatic nitrogens is 2. The number of alkyl halides is 1. The molecule has 0 saturated carbocycles. The molecule has 1 aromatic heterocycles. The van der Waals surface area contributed by atoms with Gasteiger partial charge in [0.2, 0.25) is 0 Å². The number of nitrogens with zero attached hydrogens (tertiary/aromatic N) is 2. The average molecular weight is 316 g/mol. The fraction of sp³-hybridized carbons (Fsp3) is 0.667. The first kappa shape index (κ1) is 15.7. The highest BCUT2D eigenvalue weighted by Crippen LogP contribution is 2.20. The topological polar surface area (TPSA) is 73.2 Å². The van der Waals surface area contributed by atoms with Gasteiger partial charge in [-0.25, -0.2) is 13.1 Å². The van der Waals surface area contributed by atoms with Gasteiger partial charge < -0.3 is 4.74 Å². The summed E-state index contributed by atoms with van der Waals surface area (Å²) in [5.74, 6) is 0.329. The van der Waals surface area contributed by atoms with Crippen LogP contribution in [0, 0.1) is 0 Å². The lowest BCUT2D eigenvalue weighted by atomic mass is 10.3. The van der Waals surface area contributed by atoms with Crippen LogP contribution in [0.1, 0.15) is 6.42 Å².